The van der Waals surface area contributed by atoms with Gasteiger partial charge in [-0.15, -0.1) is 23.1 Å². The number of hydrogen-bond donors (Lipinski definition) is 3. The van der Waals surface area contributed by atoms with Crippen LogP contribution in [0.4, 0.5) is 0 Å². The molecule has 5 atom stereocenters. The number of fused-ring (bicyclic) bond motifs is 1. The number of aromatic carboxylic acids is 1. The summed E-state index contributed by atoms with van der Waals surface area (Å²) in [4.78, 5) is 45.1. The number of thioether (sulfide) groups is 1. The van der Waals surface area contributed by atoms with Crippen molar-refractivity contribution < 1.29 is 29.7 Å². The third kappa shape index (κ3) is 3.85. The van der Waals surface area contributed by atoms with Gasteiger partial charge in [-0.3, -0.25) is 9.79 Å². The summed E-state index contributed by atoms with van der Waals surface area (Å²) in [5, 5.41) is 28.8. The third-order valence-corrected chi connectivity index (χ3v) is 8.34. The highest BCUT2D eigenvalue weighted by Gasteiger charge is 2.60. The van der Waals surface area contributed by atoms with Crippen molar-refractivity contribution in [1.82, 2.24) is 9.80 Å². The molecule has 1 saturated heterocycles. The van der Waals surface area contributed by atoms with E-state index < -0.39 is 24.0 Å². The van der Waals surface area contributed by atoms with Gasteiger partial charge < -0.3 is 25.1 Å². The molecule has 0 radical (unpaired) electrons. The predicted molar refractivity (Wildman–Crippen MR) is 116 cm³/mol. The monoisotopic (exact) mass is 465 g/mol. The van der Waals surface area contributed by atoms with E-state index in [-0.39, 0.29) is 33.7 Å². The van der Waals surface area contributed by atoms with Gasteiger partial charge >= 0.3 is 11.9 Å². The molecule has 3 aliphatic heterocycles. The Hall–Kier alpha value is -2.37. The molecule has 11 heteroatoms. The molecule has 0 spiro atoms. The van der Waals surface area contributed by atoms with E-state index in [1.807, 2.05) is 11.8 Å². The van der Waals surface area contributed by atoms with Crippen LogP contribution in [0.3, 0.4) is 0 Å². The summed E-state index contributed by atoms with van der Waals surface area (Å²) in [5.74, 6) is -3.18. The van der Waals surface area contributed by atoms with Crippen LogP contribution >= 0.6 is 23.1 Å². The van der Waals surface area contributed by atoms with Gasteiger partial charge in [0.05, 0.1) is 37.5 Å². The second-order valence-electron chi connectivity index (χ2n) is 7.99. The second-order valence-corrected chi connectivity index (χ2v) is 10.5. The van der Waals surface area contributed by atoms with Crippen molar-refractivity contribution in [1.29, 1.82) is 0 Å². The Morgan fingerprint density at radius 1 is 1.32 bits per heavy atom. The molecule has 1 aromatic heterocycles. The predicted octanol–water partition coefficient (Wildman–Crippen LogP) is 1.55. The first-order valence-corrected chi connectivity index (χ1v) is 11.6. The lowest BCUT2D eigenvalue weighted by atomic mass is 9.79. The Morgan fingerprint density at radius 2 is 2.06 bits per heavy atom. The summed E-state index contributed by atoms with van der Waals surface area (Å²) in [6.45, 7) is 5.13. The van der Waals surface area contributed by atoms with Crippen LogP contribution in [0.15, 0.2) is 27.7 Å². The van der Waals surface area contributed by atoms with Crippen LogP contribution in [-0.4, -0.2) is 79.8 Å². The molecular weight excluding hydrogens is 442 g/mol. The molecule has 0 bridgehead atoms. The van der Waals surface area contributed by atoms with Crippen molar-refractivity contribution in [2.24, 2.45) is 16.8 Å². The number of thiophene rings is 1. The van der Waals surface area contributed by atoms with Gasteiger partial charge in [-0.05, 0) is 19.1 Å². The first kappa shape index (κ1) is 21.8. The van der Waals surface area contributed by atoms with E-state index in [0.717, 1.165) is 4.88 Å². The lowest BCUT2D eigenvalue weighted by Crippen LogP contribution is -2.63. The molecule has 1 fully saturated rings. The minimum absolute atomic E-state index is 0.00508. The van der Waals surface area contributed by atoms with Crippen LogP contribution in [0, 0.1) is 11.8 Å². The van der Waals surface area contributed by atoms with E-state index in [2.05, 4.69) is 4.99 Å². The van der Waals surface area contributed by atoms with Crippen molar-refractivity contribution >= 4 is 47.3 Å². The molecule has 166 valence electrons. The molecule has 4 rings (SSSR count). The second kappa shape index (κ2) is 8.29. The number of aliphatic hydroxyl groups excluding tert-OH is 1. The highest BCUT2D eigenvalue weighted by Crippen LogP contribution is 2.51. The number of aliphatic carboxylic acids is 1. The highest BCUT2D eigenvalue weighted by molar-refractivity contribution is 8.03. The van der Waals surface area contributed by atoms with Gasteiger partial charge in [-0.1, -0.05) is 6.92 Å². The Labute approximate surface area is 187 Å². The quantitative estimate of drug-likeness (QED) is 0.517. The maximum atomic E-state index is 12.5. The minimum Gasteiger partial charge on any atom is -0.477 e. The third-order valence-electron chi connectivity index (χ3n) is 5.83. The number of carbonyl (C=O) groups excluding carboxylic acids is 1. The fraction of sp³-hybridized carbons (Fsp3) is 0.500. The maximum absolute atomic E-state index is 12.5. The molecule has 9 nitrogen and oxygen atoms in total. The number of aliphatic hydroxyl groups is 1. The highest BCUT2D eigenvalue weighted by atomic mass is 32.2. The summed E-state index contributed by atoms with van der Waals surface area (Å²) >= 11 is 2.66. The molecule has 0 aliphatic carbocycles. The van der Waals surface area contributed by atoms with Crippen LogP contribution < -0.4 is 0 Å². The maximum Gasteiger partial charge on any atom is 0.353 e. The van der Waals surface area contributed by atoms with Gasteiger partial charge in [0, 0.05) is 27.5 Å². The smallest absolute Gasteiger partial charge is 0.353 e. The van der Waals surface area contributed by atoms with E-state index in [0.29, 0.717) is 24.5 Å². The lowest BCUT2D eigenvalue weighted by Gasteiger charge is -2.46. The number of carbonyl (C=O) groups is 3. The average molecular weight is 466 g/mol. The topological polar surface area (TPSA) is 131 Å². The summed E-state index contributed by atoms with van der Waals surface area (Å²) < 4.78 is 0. The van der Waals surface area contributed by atoms with Crippen molar-refractivity contribution in [3.63, 3.8) is 0 Å². The summed E-state index contributed by atoms with van der Waals surface area (Å²) in [7, 11) is 0. The Balaban J connectivity index is 1.48. The molecule has 1 aromatic rings. The van der Waals surface area contributed by atoms with E-state index in [1.54, 1.807) is 25.4 Å². The van der Waals surface area contributed by atoms with Gasteiger partial charge in [0.25, 0.3) is 0 Å². The van der Waals surface area contributed by atoms with Crippen molar-refractivity contribution in [3.05, 3.63) is 32.5 Å². The number of hydrogen-bond acceptors (Lipinski definition) is 8. The molecule has 1 amide bonds. The molecule has 31 heavy (non-hydrogen) atoms. The summed E-state index contributed by atoms with van der Waals surface area (Å²) in [6.07, 6.45) is 0.911. The Bertz CT molecular complexity index is 987. The zero-order valence-corrected chi connectivity index (χ0v) is 18.6. The first-order chi connectivity index (χ1) is 14.7. The molecule has 4 heterocycles. The van der Waals surface area contributed by atoms with E-state index in [9.17, 15) is 24.6 Å². The minimum atomic E-state index is -1.13. The van der Waals surface area contributed by atoms with Gasteiger partial charge in [0.15, 0.2) is 0 Å². The average Bonchev–Trinajstić information content (AvgIpc) is 3.24. The molecule has 3 aliphatic rings. The van der Waals surface area contributed by atoms with Crippen molar-refractivity contribution in [2.75, 3.05) is 13.1 Å². The zero-order chi connectivity index (χ0) is 22.4. The Morgan fingerprint density at radius 3 is 2.68 bits per heavy atom. The standard InChI is InChI=1S/C20H23N3O6S2/c1-9-15-14(10(2)24)18(25)23(15)16(20(28)29)17(9)31-12-5-21-8-22(7-12)6-11-3-4-13(30-11)19(26)27/h3-4,8-10,12,14-15,24H,5-7H2,1-2H3,(H,26,27)(H,28,29)/t9-,10-,12?,14-,15?/m1/s1. The molecule has 3 N–H and O–H groups in total. The molecule has 0 saturated carbocycles. The number of nitrogens with zero attached hydrogens (tertiary/aromatic N) is 3. The largest absolute Gasteiger partial charge is 0.477 e. The SMILES string of the molecule is C[C@H]1C(SC2CN=CN(Cc3ccc(C(=O)O)s3)C2)=C(C(=O)O)N2C(=O)[C@H]([C@@H](C)O)C12. The summed E-state index contributed by atoms with van der Waals surface area (Å²) in [6, 6.07) is 3.04. The number of β-lactam (4-membered cyclic amide) rings is 1. The number of amides is 1. The number of carboxylic acids is 2. The van der Waals surface area contributed by atoms with Gasteiger partial charge in [-0.25, -0.2) is 9.59 Å². The van der Waals surface area contributed by atoms with Gasteiger partial charge in [0.2, 0.25) is 5.91 Å². The molecule has 2 unspecified atom stereocenters. The van der Waals surface area contributed by atoms with Gasteiger partial charge in [-0.2, -0.15) is 0 Å². The number of rotatable bonds is 7. The number of aliphatic imine (C=N–C) groups is 1. The fourth-order valence-corrected chi connectivity index (χ4v) is 6.77. The van der Waals surface area contributed by atoms with Crippen LogP contribution in [-0.2, 0) is 16.1 Å². The number of carboxylic acid groups (broad SMARTS) is 2. The van der Waals surface area contributed by atoms with Crippen molar-refractivity contribution in [2.45, 2.75) is 37.8 Å². The first-order valence-electron chi connectivity index (χ1n) is 9.90. The lowest BCUT2D eigenvalue weighted by molar-refractivity contribution is -0.163. The van der Waals surface area contributed by atoms with E-state index >= 15 is 0 Å². The van der Waals surface area contributed by atoms with Crippen molar-refractivity contribution in [3.8, 4) is 0 Å². The summed E-state index contributed by atoms with van der Waals surface area (Å²) in [5.41, 5.74) is 0.0230. The van der Waals surface area contributed by atoms with Crippen LogP contribution in [0.1, 0.15) is 28.4 Å². The van der Waals surface area contributed by atoms with E-state index in [1.165, 1.54) is 28.0 Å². The Kier molecular flexibility index (Phi) is 5.84. The molecular formula is C20H23N3O6S2. The normalized spacial score (nSPS) is 28.5. The zero-order valence-electron chi connectivity index (χ0n) is 17.0. The van der Waals surface area contributed by atoms with E-state index in [4.69, 9.17) is 5.11 Å². The van der Waals surface area contributed by atoms with Gasteiger partial charge in [0.1, 0.15) is 10.6 Å². The van der Waals surface area contributed by atoms with Crippen LogP contribution in [0.25, 0.3) is 0 Å². The molecule has 0 aromatic carbocycles. The van der Waals surface area contributed by atoms with Crippen LogP contribution in [0.2, 0.25) is 0 Å². The fourth-order valence-electron chi connectivity index (χ4n) is 4.46. The van der Waals surface area contributed by atoms with Crippen LogP contribution in [0.5, 0.6) is 0 Å².